The molecule has 5 heteroatoms. The van der Waals surface area contributed by atoms with Crippen LogP contribution in [0.2, 0.25) is 0 Å². The predicted octanol–water partition coefficient (Wildman–Crippen LogP) is 3.40. The van der Waals surface area contributed by atoms with Crippen molar-refractivity contribution >= 4 is 15.9 Å². The molecule has 0 aliphatic carbocycles. The fraction of sp³-hybridized carbons (Fsp3) is 0.400. The van der Waals surface area contributed by atoms with Crippen molar-refractivity contribution in [1.82, 2.24) is 9.78 Å². The number of halogens is 1. The van der Waals surface area contributed by atoms with E-state index < -0.39 is 0 Å². The van der Waals surface area contributed by atoms with E-state index >= 15 is 0 Å². The average molecular weight is 338 g/mol. The van der Waals surface area contributed by atoms with E-state index in [-0.39, 0.29) is 6.04 Å². The van der Waals surface area contributed by atoms with E-state index in [1.807, 2.05) is 44.6 Å². The topological polar surface area (TPSA) is 53.1 Å². The second-order valence-electron chi connectivity index (χ2n) is 5.09. The molecule has 20 heavy (non-hydrogen) atoms. The van der Waals surface area contributed by atoms with Gasteiger partial charge in [-0.05, 0) is 48.3 Å². The molecule has 1 atom stereocenters. The van der Waals surface area contributed by atoms with Gasteiger partial charge in [-0.1, -0.05) is 12.1 Å². The van der Waals surface area contributed by atoms with Gasteiger partial charge in [0.2, 0.25) is 0 Å². The van der Waals surface area contributed by atoms with Crippen LogP contribution in [0.1, 0.15) is 35.5 Å². The Hall–Kier alpha value is -1.33. The monoisotopic (exact) mass is 337 g/mol. The summed E-state index contributed by atoms with van der Waals surface area (Å²) in [4.78, 5) is 0. The van der Waals surface area contributed by atoms with Crippen LogP contribution in [0.3, 0.4) is 0 Å². The normalized spacial score (nSPS) is 12.5. The van der Waals surface area contributed by atoms with Crippen LogP contribution in [0.15, 0.2) is 22.7 Å². The minimum absolute atomic E-state index is 0.0534. The van der Waals surface area contributed by atoms with Crippen LogP contribution >= 0.6 is 15.9 Å². The van der Waals surface area contributed by atoms with Gasteiger partial charge >= 0.3 is 0 Å². The molecule has 0 spiro atoms. The third-order valence-electron chi connectivity index (χ3n) is 3.29. The quantitative estimate of drug-likeness (QED) is 0.930. The summed E-state index contributed by atoms with van der Waals surface area (Å²) in [6, 6.07) is 6.05. The van der Waals surface area contributed by atoms with Crippen molar-refractivity contribution in [3.8, 4) is 5.75 Å². The second kappa shape index (κ2) is 5.97. The maximum absolute atomic E-state index is 5.99. The van der Waals surface area contributed by atoms with Crippen LogP contribution in [0, 0.1) is 13.8 Å². The number of nitrogens with two attached hydrogens (primary N) is 1. The number of hydrogen-bond acceptors (Lipinski definition) is 3. The molecule has 0 unspecified atom stereocenters. The third kappa shape index (κ3) is 3.04. The molecule has 2 aromatic rings. The molecule has 1 aromatic carbocycles. The molecule has 0 saturated heterocycles. The molecule has 0 fully saturated rings. The first-order chi connectivity index (χ1) is 9.40. The van der Waals surface area contributed by atoms with Crippen molar-refractivity contribution in [2.45, 2.75) is 33.4 Å². The zero-order chi connectivity index (χ0) is 14.9. The first-order valence-corrected chi connectivity index (χ1v) is 7.36. The molecular formula is C15H20BrN3O. The largest absolute Gasteiger partial charge is 0.487 e. The van der Waals surface area contributed by atoms with Gasteiger partial charge in [-0.25, -0.2) is 0 Å². The summed E-state index contributed by atoms with van der Waals surface area (Å²) in [5.74, 6) is 0.839. The van der Waals surface area contributed by atoms with Crippen molar-refractivity contribution in [2.24, 2.45) is 12.8 Å². The van der Waals surface area contributed by atoms with Gasteiger partial charge in [-0.3, -0.25) is 4.68 Å². The molecule has 0 saturated carbocycles. The highest BCUT2D eigenvalue weighted by atomic mass is 79.9. The summed E-state index contributed by atoms with van der Waals surface area (Å²) in [7, 11) is 1.92. The minimum atomic E-state index is -0.0534. The summed E-state index contributed by atoms with van der Waals surface area (Å²) in [5, 5.41) is 4.36. The van der Waals surface area contributed by atoms with Crippen LogP contribution < -0.4 is 10.5 Å². The van der Waals surface area contributed by atoms with Crippen molar-refractivity contribution in [3.05, 3.63) is 45.2 Å². The van der Waals surface area contributed by atoms with Crippen LogP contribution in [-0.2, 0) is 13.7 Å². The Morgan fingerprint density at radius 3 is 2.65 bits per heavy atom. The summed E-state index contributed by atoms with van der Waals surface area (Å²) in [5.41, 5.74) is 10.1. The maximum Gasteiger partial charge on any atom is 0.131 e. The van der Waals surface area contributed by atoms with E-state index in [9.17, 15) is 0 Å². The van der Waals surface area contributed by atoms with E-state index in [0.29, 0.717) is 6.61 Å². The summed E-state index contributed by atoms with van der Waals surface area (Å²) >= 11 is 3.55. The number of nitrogens with zero attached hydrogens (tertiary/aromatic N) is 2. The minimum Gasteiger partial charge on any atom is -0.487 e. The standard InChI is InChI=1S/C15H20BrN3O/c1-9-5-6-12(10(2)17)14(7-9)20-8-13-15(16)11(3)18-19(13)4/h5-7,10H,8,17H2,1-4H3/t10-/m1/s1. The maximum atomic E-state index is 5.99. The number of aromatic nitrogens is 2. The van der Waals surface area contributed by atoms with Gasteiger partial charge < -0.3 is 10.5 Å². The molecule has 0 amide bonds. The molecule has 1 heterocycles. The molecule has 1 aromatic heterocycles. The van der Waals surface area contributed by atoms with Crippen LogP contribution in [0.4, 0.5) is 0 Å². The molecular weight excluding hydrogens is 318 g/mol. The van der Waals surface area contributed by atoms with Gasteiger partial charge in [0.1, 0.15) is 12.4 Å². The van der Waals surface area contributed by atoms with Gasteiger partial charge in [0, 0.05) is 18.7 Å². The van der Waals surface area contributed by atoms with Crippen LogP contribution in [-0.4, -0.2) is 9.78 Å². The lowest BCUT2D eigenvalue weighted by molar-refractivity contribution is 0.289. The second-order valence-corrected chi connectivity index (χ2v) is 5.88. The van der Waals surface area contributed by atoms with Crippen LogP contribution in [0.25, 0.3) is 0 Å². The van der Waals surface area contributed by atoms with E-state index in [2.05, 4.69) is 27.1 Å². The Balaban J connectivity index is 2.24. The SMILES string of the molecule is Cc1ccc([C@@H](C)N)c(OCc2c(Br)c(C)nn2C)c1. The van der Waals surface area contributed by atoms with E-state index in [1.165, 1.54) is 0 Å². The van der Waals surface area contributed by atoms with Crippen molar-refractivity contribution in [3.63, 3.8) is 0 Å². The summed E-state index contributed by atoms with van der Waals surface area (Å²) in [6.45, 7) is 6.43. The Labute approximate surface area is 128 Å². The molecule has 2 N–H and O–H groups in total. The Morgan fingerprint density at radius 1 is 1.40 bits per heavy atom. The average Bonchev–Trinajstić information content (AvgIpc) is 2.61. The highest BCUT2D eigenvalue weighted by Crippen LogP contribution is 2.27. The molecule has 0 aliphatic heterocycles. The number of benzene rings is 1. The number of ether oxygens (including phenoxy) is 1. The number of aryl methyl sites for hydroxylation is 3. The molecule has 0 bridgehead atoms. The Kier molecular flexibility index (Phi) is 4.50. The van der Waals surface area contributed by atoms with E-state index in [0.717, 1.165) is 32.7 Å². The lowest BCUT2D eigenvalue weighted by Gasteiger charge is -2.15. The van der Waals surface area contributed by atoms with Gasteiger partial charge in [-0.15, -0.1) is 0 Å². The van der Waals surface area contributed by atoms with Gasteiger partial charge in [-0.2, -0.15) is 5.10 Å². The number of hydrogen-bond donors (Lipinski definition) is 1. The first-order valence-electron chi connectivity index (χ1n) is 6.57. The van der Waals surface area contributed by atoms with Crippen LogP contribution in [0.5, 0.6) is 5.75 Å². The van der Waals surface area contributed by atoms with Gasteiger partial charge in [0.25, 0.3) is 0 Å². The lowest BCUT2D eigenvalue weighted by atomic mass is 10.1. The number of rotatable bonds is 4. The molecule has 2 rings (SSSR count). The Bertz CT molecular complexity index is 620. The molecule has 0 radical (unpaired) electrons. The molecule has 108 valence electrons. The highest BCUT2D eigenvalue weighted by molar-refractivity contribution is 9.10. The fourth-order valence-corrected chi connectivity index (χ4v) is 2.58. The smallest absolute Gasteiger partial charge is 0.131 e. The summed E-state index contributed by atoms with van der Waals surface area (Å²) in [6.07, 6.45) is 0. The van der Waals surface area contributed by atoms with E-state index in [1.54, 1.807) is 0 Å². The first kappa shape index (κ1) is 15.1. The summed E-state index contributed by atoms with van der Waals surface area (Å²) < 4.78 is 8.80. The molecule has 0 aliphatic rings. The van der Waals surface area contributed by atoms with Gasteiger partial charge in [0.15, 0.2) is 0 Å². The van der Waals surface area contributed by atoms with E-state index in [4.69, 9.17) is 10.5 Å². The zero-order valence-electron chi connectivity index (χ0n) is 12.3. The zero-order valence-corrected chi connectivity index (χ0v) is 13.9. The van der Waals surface area contributed by atoms with Gasteiger partial charge in [0.05, 0.1) is 15.9 Å². The van der Waals surface area contributed by atoms with Crippen molar-refractivity contribution < 1.29 is 4.74 Å². The lowest BCUT2D eigenvalue weighted by Crippen LogP contribution is -2.09. The Morgan fingerprint density at radius 2 is 2.10 bits per heavy atom. The third-order valence-corrected chi connectivity index (χ3v) is 4.32. The van der Waals surface area contributed by atoms with Crippen molar-refractivity contribution in [2.75, 3.05) is 0 Å². The highest BCUT2D eigenvalue weighted by Gasteiger charge is 2.13. The predicted molar refractivity (Wildman–Crippen MR) is 83.8 cm³/mol. The van der Waals surface area contributed by atoms with Crippen molar-refractivity contribution in [1.29, 1.82) is 0 Å². The fourth-order valence-electron chi connectivity index (χ4n) is 2.13. The molecule has 4 nitrogen and oxygen atoms in total.